The number of amides is 2. The lowest BCUT2D eigenvalue weighted by molar-refractivity contribution is -0.119. The highest BCUT2D eigenvalue weighted by molar-refractivity contribution is 5.98. The molecule has 1 aliphatic rings. The lowest BCUT2D eigenvalue weighted by atomic mass is 10.1. The van der Waals surface area contributed by atoms with Crippen molar-refractivity contribution in [2.24, 2.45) is 5.92 Å². The molecule has 1 heterocycles. The van der Waals surface area contributed by atoms with E-state index in [9.17, 15) is 9.59 Å². The van der Waals surface area contributed by atoms with Gasteiger partial charge in [-0.15, -0.1) is 0 Å². The zero-order valence-corrected chi connectivity index (χ0v) is 11.6. The van der Waals surface area contributed by atoms with E-state index >= 15 is 0 Å². The summed E-state index contributed by atoms with van der Waals surface area (Å²) in [5, 5.41) is 5.34. The van der Waals surface area contributed by atoms with Gasteiger partial charge in [-0.25, -0.2) is 0 Å². The summed E-state index contributed by atoms with van der Waals surface area (Å²) in [6, 6.07) is 4.91. The predicted octanol–water partition coefficient (Wildman–Crippen LogP) is 1.03. The summed E-state index contributed by atoms with van der Waals surface area (Å²) in [5.74, 6) is 0.0375. The maximum Gasteiger partial charge on any atom is 0.251 e. The van der Waals surface area contributed by atoms with Crippen LogP contribution in [-0.2, 0) is 9.53 Å². The van der Waals surface area contributed by atoms with Crippen LogP contribution in [0.4, 0.5) is 5.69 Å². The van der Waals surface area contributed by atoms with Gasteiger partial charge >= 0.3 is 0 Å². The minimum atomic E-state index is -0.215. The normalized spacial score (nSPS) is 17.6. The molecule has 1 fully saturated rings. The van der Waals surface area contributed by atoms with Gasteiger partial charge in [0.05, 0.1) is 25.3 Å². The molecule has 0 bridgehead atoms. The summed E-state index contributed by atoms with van der Waals surface area (Å²) in [6.45, 7) is 1.04. The second kappa shape index (κ2) is 6.38. The Morgan fingerprint density at radius 1 is 1.40 bits per heavy atom. The van der Waals surface area contributed by atoms with E-state index in [2.05, 4.69) is 10.6 Å². The second-order valence-corrected chi connectivity index (χ2v) is 4.54. The largest absolute Gasteiger partial charge is 0.495 e. The van der Waals surface area contributed by atoms with Crippen molar-refractivity contribution in [3.05, 3.63) is 23.8 Å². The first-order valence-corrected chi connectivity index (χ1v) is 6.44. The van der Waals surface area contributed by atoms with Crippen LogP contribution in [-0.4, -0.2) is 39.2 Å². The van der Waals surface area contributed by atoms with Crippen LogP contribution in [0.1, 0.15) is 16.8 Å². The third-order valence-electron chi connectivity index (χ3n) is 3.25. The fourth-order valence-electron chi connectivity index (χ4n) is 2.07. The topological polar surface area (TPSA) is 76.7 Å². The molecule has 1 aromatic carbocycles. The molecule has 2 N–H and O–H groups in total. The molecule has 0 aromatic heterocycles. The van der Waals surface area contributed by atoms with E-state index in [0.29, 0.717) is 36.6 Å². The molecular formula is C14H18N2O4. The summed E-state index contributed by atoms with van der Waals surface area (Å²) < 4.78 is 10.4. The fourth-order valence-corrected chi connectivity index (χ4v) is 2.07. The second-order valence-electron chi connectivity index (χ2n) is 4.54. The molecule has 1 unspecified atom stereocenters. The van der Waals surface area contributed by atoms with Crippen LogP contribution in [0.2, 0.25) is 0 Å². The molecule has 20 heavy (non-hydrogen) atoms. The van der Waals surface area contributed by atoms with Crippen molar-refractivity contribution in [2.75, 3.05) is 32.7 Å². The molecule has 0 saturated carbocycles. The van der Waals surface area contributed by atoms with Crippen molar-refractivity contribution in [1.29, 1.82) is 0 Å². The van der Waals surface area contributed by atoms with Crippen molar-refractivity contribution < 1.29 is 19.1 Å². The summed E-state index contributed by atoms with van der Waals surface area (Å²) >= 11 is 0. The first kappa shape index (κ1) is 14.3. The number of rotatable bonds is 4. The quantitative estimate of drug-likeness (QED) is 0.862. The Kier molecular flexibility index (Phi) is 4.57. The molecule has 0 spiro atoms. The first-order chi connectivity index (χ1) is 9.65. The number of anilines is 1. The average Bonchev–Trinajstić information content (AvgIpc) is 3.00. The van der Waals surface area contributed by atoms with Crippen molar-refractivity contribution in [1.82, 2.24) is 5.32 Å². The maximum atomic E-state index is 12.1. The van der Waals surface area contributed by atoms with Gasteiger partial charge in [-0.2, -0.15) is 0 Å². The van der Waals surface area contributed by atoms with E-state index < -0.39 is 0 Å². The SMILES string of the molecule is CNC(=O)c1ccc(OC)c(NC(=O)C2CCOC2)c1. The van der Waals surface area contributed by atoms with Gasteiger partial charge in [-0.05, 0) is 24.6 Å². The van der Waals surface area contributed by atoms with Crippen molar-refractivity contribution in [3.8, 4) is 5.75 Å². The number of carbonyl (C=O) groups excluding carboxylic acids is 2. The Labute approximate surface area is 117 Å². The molecule has 6 nitrogen and oxygen atoms in total. The molecule has 0 aliphatic carbocycles. The van der Waals surface area contributed by atoms with Crippen LogP contribution in [0.5, 0.6) is 5.75 Å². The van der Waals surface area contributed by atoms with Crippen molar-refractivity contribution in [2.45, 2.75) is 6.42 Å². The molecule has 1 aliphatic heterocycles. The van der Waals surface area contributed by atoms with Crippen LogP contribution in [0.25, 0.3) is 0 Å². The standard InChI is InChI=1S/C14H18N2O4/c1-15-13(17)9-3-4-12(19-2)11(7-9)16-14(18)10-5-6-20-8-10/h3-4,7,10H,5-6,8H2,1-2H3,(H,15,17)(H,16,18). The van der Waals surface area contributed by atoms with Crippen molar-refractivity contribution >= 4 is 17.5 Å². The van der Waals surface area contributed by atoms with Gasteiger partial charge in [-0.3, -0.25) is 9.59 Å². The fraction of sp³-hybridized carbons (Fsp3) is 0.429. The Bertz CT molecular complexity index is 510. The number of ether oxygens (including phenoxy) is 2. The molecule has 1 saturated heterocycles. The smallest absolute Gasteiger partial charge is 0.251 e. The summed E-state index contributed by atoms with van der Waals surface area (Å²) in [6.07, 6.45) is 0.712. The zero-order chi connectivity index (χ0) is 14.5. The van der Waals surface area contributed by atoms with Gasteiger partial charge in [0, 0.05) is 19.2 Å². The van der Waals surface area contributed by atoms with E-state index in [1.54, 1.807) is 25.2 Å². The lowest BCUT2D eigenvalue weighted by Gasteiger charge is -2.13. The summed E-state index contributed by atoms with van der Waals surface area (Å²) in [4.78, 5) is 23.7. The third-order valence-corrected chi connectivity index (χ3v) is 3.25. The molecule has 108 valence electrons. The average molecular weight is 278 g/mol. The van der Waals surface area contributed by atoms with E-state index in [-0.39, 0.29) is 17.7 Å². The van der Waals surface area contributed by atoms with Crippen molar-refractivity contribution in [3.63, 3.8) is 0 Å². The summed E-state index contributed by atoms with van der Waals surface area (Å²) in [7, 11) is 3.07. The van der Waals surface area contributed by atoms with Gasteiger partial charge in [0.2, 0.25) is 5.91 Å². The Balaban J connectivity index is 2.19. The van der Waals surface area contributed by atoms with E-state index in [4.69, 9.17) is 9.47 Å². The number of nitrogens with one attached hydrogen (secondary N) is 2. The van der Waals surface area contributed by atoms with Gasteiger partial charge in [0.15, 0.2) is 0 Å². The predicted molar refractivity (Wildman–Crippen MR) is 73.9 cm³/mol. The van der Waals surface area contributed by atoms with E-state index in [1.165, 1.54) is 7.11 Å². The number of methoxy groups -OCH3 is 1. The third kappa shape index (κ3) is 3.08. The van der Waals surface area contributed by atoms with Gasteiger partial charge in [-0.1, -0.05) is 0 Å². The number of hydrogen-bond acceptors (Lipinski definition) is 4. The van der Waals surface area contributed by atoms with Crippen LogP contribution < -0.4 is 15.4 Å². The van der Waals surface area contributed by atoms with E-state index in [1.807, 2.05) is 0 Å². The highest BCUT2D eigenvalue weighted by Crippen LogP contribution is 2.27. The molecule has 1 aromatic rings. The van der Waals surface area contributed by atoms with Gasteiger partial charge in [0.1, 0.15) is 5.75 Å². The Morgan fingerprint density at radius 2 is 2.20 bits per heavy atom. The number of carbonyl (C=O) groups is 2. The van der Waals surface area contributed by atoms with Crippen LogP contribution in [0, 0.1) is 5.92 Å². The summed E-state index contributed by atoms with van der Waals surface area (Å²) in [5.41, 5.74) is 0.955. The molecular weight excluding hydrogens is 260 g/mol. The molecule has 6 heteroatoms. The highest BCUT2D eigenvalue weighted by atomic mass is 16.5. The van der Waals surface area contributed by atoms with E-state index in [0.717, 1.165) is 0 Å². The van der Waals surface area contributed by atoms with Gasteiger partial charge < -0.3 is 20.1 Å². The lowest BCUT2D eigenvalue weighted by Crippen LogP contribution is -2.24. The van der Waals surface area contributed by atoms with Gasteiger partial charge in [0.25, 0.3) is 5.91 Å². The maximum absolute atomic E-state index is 12.1. The van der Waals surface area contributed by atoms with Crippen LogP contribution in [0.15, 0.2) is 18.2 Å². The number of hydrogen-bond donors (Lipinski definition) is 2. The Hall–Kier alpha value is -2.08. The highest BCUT2D eigenvalue weighted by Gasteiger charge is 2.24. The molecule has 1 atom stereocenters. The van der Waals surface area contributed by atoms with Crippen LogP contribution in [0.3, 0.4) is 0 Å². The van der Waals surface area contributed by atoms with Crippen LogP contribution >= 0.6 is 0 Å². The monoisotopic (exact) mass is 278 g/mol. The molecule has 2 rings (SSSR count). The number of benzene rings is 1. The molecule has 0 radical (unpaired) electrons. The first-order valence-electron chi connectivity index (χ1n) is 6.44. The molecule has 2 amide bonds. The zero-order valence-electron chi connectivity index (χ0n) is 11.6. The minimum absolute atomic E-state index is 0.116. The minimum Gasteiger partial charge on any atom is -0.495 e. The Morgan fingerprint density at radius 3 is 2.80 bits per heavy atom.